The van der Waals surface area contributed by atoms with Crippen LogP contribution in [-0.4, -0.2) is 21.7 Å². The number of rotatable bonds is 3. The molecule has 1 radical (unpaired) electrons. The summed E-state index contributed by atoms with van der Waals surface area (Å²) in [5.41, 5.74) is 0. The summed E-state index contributed by atoms with van der Waals surface area (Å²) >= 11 is 2.39. The molecule has 0 aliphatic heterocycles. The van der Waals surface area contributed by atoms with Crippen LogP contribution in [0.15, 0.2) is 10.4 Å². The average molecular weight is 191 g/mol. The van der Waals surface area contributed by atoms with E-state index in [0.29, 0.717) is 0 Å². The van der Waals surface area contributed by atoms with Gasteiger partial charge >= 0.3 is 6.16 Å². The van der Waals surface area contributed by atoms with E-state index >= 15 is 0 Å². The van der Waals surface area contributed by atoms with Crippen LogP contribution in [0.5, 0.6) is 0 Å². The number of carbonyl (C=O) groups is 1. The van der Waals surface area contributed by atoms with Crippen LogP contribution in [0.2, 0.25) is 0 Å². The third-order valence-electron chi connectivity index (χ3n) is 0.719. The lowest BCUT2D eigenvalue weighted by molar-refractivity contribution is 0.0831. The zero-order valence-corrected chi connectivity index (χ0v) is 6.85. The molecule has 0 aromatic carbocycles. The molecule has 0 aliphatic rings. The van der Waals surface area contributed by atoms with E-state index in [1.165, 1.54) is 29.5 Å². The van der Waals surface area contributed by atoms with Gasteiger partial charge in [0.1, 0.15) is 10.1 Å². The predicted octanol–water partition coefficient (Wildman–Crippen LogP) is 1.15. The van der Waals surface area contributed by atoms with Crippen molar-refractivity contribution in [3.8, 4) is 0 Å². The fourth-order valence-corrected chi connectivity index (χ4v) is 1.47. The summed E-state index contributed by atoms with van der Waals surface area (Å²) in [5.74, 6) is 0.0200. The van der Waals surface area contributed by atoms with Gasteiger partial charge in [0.2, 0.25) is 0 Å². The van der Waals surface area contributed by atoms with Gasteiger partial charge in [-0.05, 0) is 11.5 Å². The van der Waals surface area contributed by atoms with Gasteiger partial charge in [0, 0.05) is 0 Å². The lowest BCUT2D eigenvalue weighted by Crippen LogP contribution is -1.95. The molecule has 0 saturated carbocycles. The molecule has 0 amide bonds. The van der Waals surface area contributed by atoms with Gasteiger partial charge in [-0.1, -0.05) is 16.3 Å². The monoisotopic (exact) mass is 191 g/mol. The third kappa shape index (κ3) is 3.19. The van der Waals surface area contributed by atoms with Crippen LogP contribution in [0.3, 0.4) is 0 Å². The van der Waals surface area contributed by atoms with E-state index in [4.69, 9.17) is 0 Å². The third-order valence-corrected chi connectivity index (χ3v) is 2.38. The lowest BCUT2D eigenvalue weighted by atomic mass is 11.0. The molecule has 0 aliphatic carbocycles. The quantitative estimate of drug-likeness (QED) is 0.407. The molecule has 7 heteroatoms. The average Bonchev–Trinajstić information content (AvgIpc) is 2.39. The van der Waals surface area contributed by atoms with Crippen molar-refractivity contribution in [1.29, 1.82) is 0 Å². The molecule has 1 heterocycles. The highest BCUT2D eigenvalue weighted by Crippen LogP contribution is 2.19. The minimum Gasteiger partial charge on any atom is -0.420 e. The summed E-state index contributed by atoms with van der Waals surface area (Å²) in [5, 5.41) is 13.3. The number of hydrogen-bond acceptors (Lipinski definition) is 6. The fraction of sp³-hybridized carbons (Fsp3) is 0.250. The minimum atomic E-state index is -1.52. The standard InChI is InChI=1S/C4H3N2O3S2/c7-4(8)9-2-10-3-1-5-6-11-3/h1H,2H2. The second-order valence-electron chi connectivity index (χ2n) is 1.39. The Bertz CT molecular complexity index is 225. The summed E-state index contributed by atoms with van der Waals surface area (Å²) in [7, 11) is 0. The first-order chi connectivity index (χ1) is 5.29. The molecule has 5 nitrogen and oxygen atoms in total. The maximum Gasteiger partial charge on any atom is 0.550 e. The van der Waals surface area contributed by atoms with Gasteiger partial charge in [0.25, 0.3) is 0 Å². The van der Waals surface area contributed by atoms with Crippen molar-refractivity contribution in [3.05, 3.63) is 6.20 Å². The van der Waals surface area contributed by atoms with Crippen LogP contribution in [0, 0.1) is 0 Å². The van der Waals surface area contributed by atoms with Gasteiger partial charge in [-0.25, -0.2) is 0 Å². The van der Waals surface area contributed by atoms with Gasteiger partial charge in [-0.2, -0.15) is 9.90 Å². The molecule has 1 rings (SSSR count). The fourth-order valence-electron chi connectivity index (χ4n) is 0.357. The molecule has 1 aromatic rings. The Morgan fingerprint density at radius 3 is 3.18 bits per heavy atom. The Kier molecular flexibility index (Phi) is 3.12. The second kappa shape index (κ2) is 4.14. The summed E-state index contributed by atoms with van der Waals surface area (Å²) < 4.78 is 8.52. The highest BCUT2D eigenvalue weighted by atomic mass is 32.2. The molecular formula is C4H3N2O3S2. The van der Waals surface area contributed by atoms with E-state index in [9.17, 15) is 9.90 Å². The van der Waals surface area contributed by atoms with Gasteiger partial charge in [0.05, 0.1) is 6.20 Å². The van der Waals surface area contributed by atoms with E-state index in [-0.39, 0.29) is 5.94 Å². The summed E-state index contributed by atoms with van der Waals surface area (Å²) in [6, 6.07) is 0. The van der Waals surface area contributed by atoms with Crippen molar-refractivity contribution in [2.24, 2.45) is 0 Å². The number of hydrogen-bond donors (Lipinski definition) is 0. The molecule has 0 spiro atoms. The smallest absolute Gasteiger partial charge is 0.420 e. The highest BCUT2D eigenvalue weighted by molar-refractivity contribution is 8.00. The molecule has 0 atom stereocenters. The van der Waals surface area contributed by atoms with Gasteiger partial charge < -0.3 is 4.74 Å². The van der Waals surface area contributed by atoms with E-state index < -0.39 is 6.16 Å². The van der Waals surface area contributed by atoms with Crippen LogP contribution in [-0.2, 0) is 9.84 Å². The zero-order valence-electron chi connectivity index (χ0n) is 5.22. The van der Waals surface area contributed by atoms with Crippen LogP contribution in [0.25, 0.3) is 0 Å². The maximum atomic E-state index is 9.75. The van der Waals surface area contributed by atoms with Crippen molar-refractivity contribution in [1.82, 2.24) is 9.59 Å². The van der Waals surface area contributed by atoms with E-state index in [0.717, 1.165) is 4.21 Å². The van der Waals surface area contributed by atoms with Crippen molar-refractivity contribution < 1.29 is 14.6 Å². The van der Waals surface area contributed by atoms with Crippen molar-refractivity contribution in [2.75, 3.05) is 5.94 Å². The van der Waals surface area contributed by atoms with Crippen LogP contribution in [0.4, 0.5) is 4.79 Å². The Morgan fingerprint density at radius 2 is 2.64 bits per heavy atom. The first kappa shape index (κ1) is 8.28. The van der Waals surface area contributed by atoms with Crippen molar-refractivity contribution >= 4 is 29.4 Å². The van der Waals surface area contributed by atoms with Gasteiger partial charge in [-0.15, -0.1) is 5.10 Å². The first-order valence-corrected chi connectivity index (χ1v) is 4.29. The first-order valence-electron chi connectivity index (χ1n) is 2.53. The van der Waals surface area contributed by atoms with Gasteiger partial charge in [-0.3, -0.25) is 0 Å². The topological polar surface area (TPSA) is 72.0 Å². The molecule has 11 heavy (non-hydrogen) atoms. The number of nitrogens with zero attached hydrogens (tertiary/aromatic N) is 2. The SMILES string of the molecule is [O]C(=O)OCSc1cnns1. The molecule has 1 aromatic heterocycles. The summed E-state index contributed by atoms with van der Waals surface area (Å²) in [6.07, 6.45) is 0.0171. The van der Waals surface area contributed by atoms with Crippen LogP contribution >= 0.6 is 23.3 Å². The normalized spacial score (nSPS) is 9.45. The van der Waals surface area contributed by atoms with Crippen LogP contribution < -0.4 is 0 Å². The van der Waals surface area contributed by atoms with Crippen molar-refractivity contribution in [3.63, 3.8) is 0 Å². The Hall–Kier alpha value is -0.820. The lowest BCUT2D eigenvalue weighted by Gasteiger charge is -1.93. The Morgan fingerprint density at radius 1 is 1.82 bits per heavy atom. The Balaban J connectivity index is 2.19. The van der Waals surface area contributed by atoms with Crippen LogP contribution in [0.1, 0.15) is 0 Å². The van der Waals surface area contributed by atoms with E-state index in [2.05, 4.69) is 14.3 Å². The predicted molar refractivity (Wildman–Crippen MR) is 37.8 cm³/mol. The number of ether oxygens (including phenoxy) is 1. The molecule has 0 unspecified atom stereocenters. The van der Waals surface area contributed by atoms with E-state index in [1.807, 2.05) is 0 Å². The minimum absolute atomic E-state index is 0.0200. The molecule has 0 saturated heterocycles. The molecule has 59 valence electrons. The molecule has 0 fully saturated rings. The summed E-state index contributed by atoms with van der Waals surface area (Å²) in [4.78, 5) is 9.75. The highest BCUT2D eigenvalue weighted by Gasteiger charge is 2.01. The Labute approximate surface area is 70.5 Å². The molecule has 0 bridgehead atoms. The van der Waals surface area contributed by atoms with E-state index in [1.54, 1.807) is 0 Å². The zero-order chi connectivity index (χ0) is 8.10. The molecular weight excluding hydrogens is 188 g/mol. The largest absolute Gasteiger partial charge is 0.550 e. The van der Waals surface area contributed by atoms with Gasteiger partial charge in [0.15, 0.2) is 0 Å². The number of carbonyl (C=O) groups excluding carboxylic acids is 1. The summed E-state index contributed by atoms with van der Waals surface area (Å²) in [6.45, 7) is 0. The number of aromatic nitrogens is 2. The second-order valence-corrected chi connectivity index (χ2v) is 3.40. The van der Waals surface area contributed by atoms with Crippen molar-refractivity contribution in [2.45, 2.75) is 4.21 Å². The molecule has 0 N–H and O–H groups in total. The maximum absolute atomic E-state index is 9.75. The number of thioether (sulfide) groups is 1.